The smallest absolute Gasteiger partial charge is 0.408 e. The van der Waals surface area contributed by atoms with Crippen molar-refractivity contribution in [1.82, 2.24) is 5.32 Å². The molecule has 0 aliphatic carbocycles. The van der Waals surface area contributed by atoms with Crippen LogP contribution in [-0.4, -0.2) is 17.5 Å². The van der Waals surface area contributed by atoms with Crippen LogP contribution >= 0.6 is 0 Å². The van der Waals surface area contributed by atoms with Crippen LogP contribution in [0, 0.1) is 0 Å². The minimum atomic E-state index is -0.512. The number of hydrogen-bond donors (Lipinski definition) is 1. The highest BCUT2D eigenvalue weighted by Crippen LogP contribution is 2.15. The van der Waals surface area contributed by atoms with E-state index in [1.54, 1.807) is 12.1 Å². The molecule has 0 bridgehead atoms. The fourth-order valence-electron chi connectivity index (χ4n) is 1.57. The lowest BCUT2D eigenvalue weighted by Crippen LogP contribution is -2.34. The minimum absolute atomic E-state index is 0.0271. The summed E-state index contributed by atoms with van der Waals surface area (Å²) in [5.74, 6) is 0.0271. The Bertz CT molecular complexity index is 457. The molecule has 0 radical (unpaired) electrons. The molecule has 0 aliphatic rings. The molecule has 0 heterocycles. The van der Waals surface area contributed by atoms with Crippen LogP contribution in [0.4, 0.5) is 4.79 Å². The largest absolute Gasteiger partial charge is 0.444 e. The highest BCUT2D eigenvalue weighted by atomic mass is 16.6. The second-order valence-corrected chi connectivity index (χ2v) is 5.55. The average Bonchev–Trinajstić information content (AvgIpc) is 2.26. The lowest BCUT2D eigenvalue weighted by Gasteiger charge is -2.22. The zero-order valence-electron chi connectivity index (χ0n) is 12.1. The van der Waals surface area contributed by atoms with Crippen LogP contribution in [0.5, 0.6) is 0 Å². The van der Waals surface area contributed by atoms with Gasteiger partial charge in [-0.25, -0.2) is 4.79 Å². The van der Waals surface area contributed by atoms with E-state index in [9.17, 15) is 9.59 Å². The molecule has 0 unspecified atom stereocenters. The number of ether oxygens (including phenoxy) is 1. The van der Waals surface area contributed by atoms with E-state index in [1.807, 2.05) is 39.8 Å². The SMILES string of the molecule is CC(=O)c1ccc([C@H](C)NC(=O)OC(C)(C)C)cc1. The van der Waals surface area contributed by atoms with E-state index in [0.717, 1.165) is 5.56 Å². The van der Waals surface area contributed by atoms with Crippen LogP contribution in [0.1, 0.15) is 56.6 Å². The lowest BCUT2D eigenvalue weighted by molar-refractivity contribution is 0.0507. The van der Waals surface area contributed by atoms with Crippen molar-refractivity contribution in [3.8, 4) is 0 Å². The van der Waals surface area contributed by atoms with Crippen molar-refractivity contribution in [2.75, 3.05) is 0 Å². The molecule has 1 aromatic carbocycles. The summed E-state index contributed by atoms with van der Waals surface area (Å²) < 4.78 is 5.19. The summed E-state index contributed by atoms with van der Waals surface area (Å²) in [5, 5.41) is 2.76. The summed E-state index contributed by atoms with van der Waals surface area (Å²) in [4.78, 5) is 22.8. The first-order valence-electron chi connectivity index (χ1n) is 6.29. The first-order valence-corrected chi connectivity index (χ1v) is 6.29. The maximum Gasteiger partial charge on any atom is 0.408 e. The number of rotatable bonds is 3. The van der Waals surface area contributed by atoms with Gasteiger partial charge in [0.05, 0.1) is 6.04 Å². The number of alkyl carbamates (subject to hydrolysis) is 1. The summed E-state index contributed by atoms with van der Waals surface area (Å²) in [5.41, 5.74) is 1.08. The van der Waals surface area contributed by atoms with Crippen molar-refractivity contribution in [2.24, 2.45) is 0 Å². The highest BCUT2D eigenvalue weighted by Gasteiger charge is 2.18. The molecule has 0 spiro atoms. The number of carbonyl (C=O) groups is 2. The van der Waals surface area contributed by atoms with E-state index < -0.39 is 11.7 Å². The van der Waals surface area contributed by atoms with Crippen LogP contribution in [0.3, 0.4) is 0 Å². The fraction of sp³-hybridized carbons (Fsp3) is 0.467. The molecule has 4 heteroatoms. The molecule has 1 N–H and O–H groups in total. The molecule has 4 nitrogen and oxygen atoms in total. The van der Waals surface area contributed by atoms with Crippen LogP contribution in [-0.2, 0) is 4.74 Å². The van der Waals surface area contributed by atoms with Crippen molar-refractivity contribution in [3.63, 3.8) is 0 Å². The predicted octanol–water partition coefficient (Wildman–Crippen LogP) is 3.47. The molecule has 0 fully saturated rings. The minimum Gasteiger partial charge on any atom is -0.444 e. The van der Waals surface area contributed by atoms with Gasteiger partial charge < -0.3 is 10.1 Å². The number of carbonyl (C=O) groups excluding carboxylic acids is 2. The molecule has 1 rings (SSSR count). The van der Waals surface area contributed by atoms with E-state index in [0.29, 0.717) is 5.56 Å². The summed E-state index contributed by atoms with van der Waals surface area (Å²) in [6.07, 6.45) is -0.448. The first-order chi connectivity index (χ1) is 8.69. The van der Waals surface area contributed by atoms with Crippen LogP contribution in [0.25, 0.3) is 0 Å². The fourth-order valence-corrected chi connectivity index (χ4v) is 1.57. The zero-order chi connectivity index (χ0) is 14.6. The zero-order valence-corrected chi connectivity index (χ0v) is 12.1. The molecule has 0 saturated carbocycles. The predicted molar refractivity (Wildman–Crippen MR) is 74.2 cm³/mol. The van der Waals surface area contributed by atoms with Crippen molar-refractivity contribution in [1.29, 1.82) is 0 Å². The summed E-state index contributed by atoms with van der Waals surface area (Å²) in [6, 6.07) is 7.00. The van der Waals surface area contributed by atoms with Crippen molar-refractivity contribution >= 4 is 11.9 Å². The Hall–Kier alpha value is -1.84. The van der Waals surface area contributed by atoms with Gasteiger partial charge in [-0.3, -0.25) is 4.79 Å². The Kier molecular flexibility index (Phi) is 4.70. The molecule has 19 heavy (non-hydrogen) atoms. The van der Waals surface area contributed by atoms with Gasteiger partial charge in [-0.2, -0.15) is 0 Å². The Morgan fingerprint density at radius 2 is 1.68 bits per heavy atom. The third-order valence-corrected chi connectivity index (χ3v) is 2.55. The Labute approximate surface area is 114 Å². The monoisotopic (exact) mass is 263 g/mol. The van der Waals surface area contributed by atoms with Gasteiger partial charge in [-0.15, -0.1) is 0 Å². The molecule has 0 saturated heterocycles. The van der Waals surface area contributed by atoms with Gasteiger partial charge in [0.1, 0.15) is 5.60 Å². The maximum absolute atomic E-state index is 11.6. The van der Waals surface area contributed by atoms with E-state index in [-0.39, 0.29) is 11.8 Å². The van der Waals surface area contributed by atoms with Crippen molar-refractivity contribution < 1.29 is 14.3 Å². The topological polar surface area (TPSA) is 55.4 Å². The number of Topliss-reactive ketones (excluding diaryl/α,β-unsaturated/α-hetero) is 1. The number of amides is 1. The summed E-state index contributed by atoms with van der Waals surface area (Å²) >= 11 is 0. The van der Waals surface area contributed by atoms with Gasteiger partial charge in [0, 0.05) is 5.56 Å². The third kappa shape index (κ3) is 5.12. The van der Waals surface area contributed by atoms with Crippen molar-refractivity contribution in [3.05, 3.63) is 35.4 Å². The molecule has 1 aromatic rings. The van der Waals surface area contributed by atoms with Crippen molar-refractivity contribution in [2.45, 2.75) is 46.3 Å². The number of hydrogen-bond acceptors (Lipinski definition) is 3. The van der Waals surface area contributed by atoms with Crippen LogP contribution < -0.4 is 5.32 Å². The average molecular weight is 263 g/mol. The maximum atomic E-state index is 11.6. The van der Waals surface area contributed by atoms with Gasteiger partial charge >= 0.3 is 6.09 Å². The van der Waals surface area contributed by atoms with Crippen LogP contribution in [0.2, 0.25) is 0 Å². The highest BCUT2D eigenvalue weighted by molar-refractivity contribution is 5.94. The van der Waals surface area contributed by atoms with Gasteiger partial charge in [0.25, 0.3) is 0 Å². The second-order valence-electron chi connectivity index (χ2n) is 5.55. The molecule has 1 atom stereocenters. The van der Waals surface area contributed by atoms with Gasteiger partial charge in [-0.05, 0) is 40.2 Å². The summed E-state index contributed by atoms with van der Waals surface area (Å²) in [6.45, 7) is 8.85. The lowest BCUT2D eigenvalue weighted by atomic mass is 10.0. The van der Waals surface area contributed by atoms with E-state index in [2.05, 4.69) is 5.32 Å². The van der Waals surface area contributed by atoms with Crippen LogP contribution in [0.15, 0.2) is 24.3 Å². The number of benzene rings is 1. The summed E-state index contributed by atoms with van der Waals surface area (Å²) in [7, 11) is 0. The molecule has 104 valence electrons. The number of nitrogens with one attached hydrogen (secondary N) is 1. The van der Waals surface area contributed by atoms with Gasteiger partial charge in [0.15, 0.2) is 5.78 Å². The third-order valence-electron chi connectivity index (χ3n) is 2.55. The second kappa shape index (κ2) is 5.87. The molecule has 0 aliphatic heterocycles. The standard InChI is InChI=1S/C15H21NO3/c1-10(16-14(18)19-15(3,4)5)12-6-8-13(9-7-12)11(2)17/h6-10H,1-5H3,(H,16,18)/t10-/m0/s1. The molecular formula is C15H21NO3. The molecule has 1 amide bonds. The first kappa shape index (κ1) is 15.2. The normalized spacial score (nSPS) is 12.7. The van der Waals surface area contributed by atoms with Gasteiger partial charge in [-0.1, -0.05) is 24.3 Å². The van der Waals surface area contributed by atoms with E-state index in [1.165, 1.54) is 6.92 Å². The number of ketones is 1. The quantitative estimate of drug-likeness (QED) is 0.849. The Morgan fingerprint density at radius 1 is 1.16 bits per heavy atom. The molecular weight excluding hydrogens is 242 g/mol. The Balaban J connectivity index is 2.65. The Morgan fingerprint density at radius 3 is 2.11 bits per heavy atom. The van der Waals surface area contributed by atoms with E-state index >= 15 is 0 Å². The van der Waals surface area contributed by atoms with E-state index in [4.69, 9.17) is 4.74 Å². The van der Waals surface area contributed by atoms with Gasteiger partial charge in [0.2, 0.25) is 0 Å². The molecule has 0 aromatic heterocycles.